The topological polar surface area (TPSA) is 83.6 Å². The van der Waals surface area contributed by atoms with E-state index in [4.69, 9.17) is 15.7 Å². The highest BCUT2D eigenvalue weighted by atomic mass is 35.5. The number of ketones is 1. The van der Waals surface area contributed by atoms with Crippen LogP contribution in [0.4, 0.5) is 8.78 Å². The molecule has 0 radical (unpaired) electrons. The number of hydrogen-bond acceptors (Lipinski definition) is 4. The maximum Gasteiger partial charge on any atom is 0.330 e. The molecule has 0 aliphatic carbocycles. The Kier molecular flexibility index (Phi) is 4.86. The number of alkyl halides is 2. The molecule has 166 valence electrons. The van der Waals surface area contributed by atoms with Crippen molar-refractivity contribution in [2.24, 2.45) is 0 Å². The van der Waals surface area contributed by atoms with E-state index in [2.05, 4.69) is 0 Å². The molecule has 32 heavy (non-hydrogen) atoms. The van der Waals surface area contributed by atoms with Gasteiger partial charge in [-0.1, -0.05) is 35.9 Å². The van der Waals surface area contributed by atoms with Crippen molar-refractivity contribution in [1.82, 2.24) is 10.2 Å². The van der Waals surface area contributed by atoms with Crippen LogP contribution in [0.3, 0.4) is 0 Å². The number of imide groups is 1. The van der Waals surface area contributed by atoms with Gasteiger partial charge in [-0.2, -0.15) is 8.78 Å². The molecule has 1 N–H and O–H groups in total. The lowest BCUT2D eigenvalue weighted by atomic mass is 9.97. The van der Waals surface area contributed by atoms with Crippen molar-refractivity contribution in [3.63, 3.8) is 0 Å². The number of carbonyl (C=O) groups excluding carboxylic acids is 4. The first-order valence-electron chi connectivity index (χ1n) is 11.2. The average molecular weight is 464 g/mol. The molecule has 3 amide bonds. The molecule has 0 aromatic heterocycles. The summed E-state index contributed by atoms with van der Waals surface area (Å²) in [6, 6.07) is 6.82. The second-order valence-corrected chi connectivity index (χ2v) is 7.91. The second kappa shape index (κ2) is 8.43. The Bertz CT molecular complexity index is 1260. The summed E-state index contributed by atoms with van der Waals surface area (Å²) in [5.74, 6) is -7.94. The number of carbonyl (C=O) groups is 4. The summed E-state index contributed by atoms with van der Waals surface area (Å²) in [6.45, 7) is -0.210. The highest BCUT2D eigenvalue weighted by molar-refractivity contribution is 6.30. The molecule has 2 heterocycles. The van der Waals surface area contributed by atoms with Gasteiger partial charge in [0.15, 0.2) is 0 Å². The predicted molar refractivity (Wildman–Crippen MR) is 111 cm³/mol. The van der Waals surface area contributed by atoms with Gasteiger partial charge in [-0.15, -0.1) is 0 Å². The third-order valence-corrected chi connectivity index (χ3v) is 5.65. The molecular weight excluding hydrogens is 442 g/mol. The molecule has 2 aliphatic rings. The molecule has 0 bridgehead atoms. The summed E-state index contributed by atoms with van der Waals surface area (Å²) >= 11 is 5.71. The standard InChI is InChI=1S/C23H19ClF2N2O4/c24-16-5-3-15(4-6-16)23(25,26)19(29)9-2-13-1-7-17-14(11-13)12-28(22(17)32)18-8-10-20(30)27-21(18)31/h1,3-7,11,18H,2,8-10,12H2,(H,27,30,31)/i10D2,18D. The summed E-state index contributed by atoms with van der Waals surface area (Å²) < 4.78 is 53.1. The van der Waals surface area contributed by atoms with Crippen molar-refractivity contribution >= 4 is 35.1 Å². The Hall–Kier alpha value is -3.13. The minimum atomic E-state index is -3.70. The average Bonchev–Trinajstić information content (AvgIpc) is 3.12. The van der Waals surface area contributed by atoms with Crippen LogP contribution in [0.15, 0.2) is 42.5 Å². The quantitative estimate of drug-likeness (QED) is 0.665. The van der Waals surface area contributed by atoms with Crippen molar-refractivity contribution in [1.29, 1.82) is 0 Å². The summed E-state index contributed by atoms with van der Waals surface area (Å²) in [6.07, 6.45) is -3.86. The van der Waals surface area contributed by atoms with Crippen molar-refractivity contribution in [2.75, 3.05) is 0 Å². The maximum absolute atomic E-state index is 14.5. The van der Waals surface area contributed by atoms with Crippen LogP contribution < -0.4 is 5.32 Å². The van der Waals surface area contributed by atoms with E-state index >= 15 is 0 Å². The van der Waals surface area contributed by atoms with E-state index in [1.54, 1.807) is 0 Å². The van der Waals surface area contributed by atoms with Crippen LogP contribution in [-0.2, 0) is 33.3 Å². The molecule has 1 fully saturated rings. The monoisotopic (exact) mass is 463 g/mol. The Morgan fingerprint density at radius 3 is 2.66 bits per heavy atom. The lowest BCUT2D eigenvalue weighted by Crippen LogP contribution is -2.52. The fraction of sp³-hybridized carbons (Fsp3) is 0.304. The largest absolute Gasteiger partial charge is 0.330 e. The Morgan fingerprint density at radius 1 is 1.22 bits per heavy atom. The van der Waals surface area contributed by atoms with E-state index in [-0.39, 0.29) is 23.6 Å². The summed E-state index contributed by atoms with van der Waals surface area (Å²) in [4.78, 5) is 50.1. The smallest absolute Gasteiger partial charge is 0.322 e. The van der Waals surface area contributed by atoms with E-state index in [9.17, 15) is 28.0 Å². The molecule has 4 rings (SSSR count). The third-order valence-electron chi connectivity index (χ3n) is 5.40. The molecule has 1 unspecified atom stereocenters. The molecule has 1 saturated heterocycles. The number of rotatable bonds is 6. The third kappa shape index (κ3) is 4.14. The fourth-order valence-corrected chi connectivity index (χ4v) is 3.79. The van der Waals surface area contributed by atoms with Gasteiger partial charge in [-0.05, 0) is 42.2 Å². The Morgan fingerprint density at radius 2 is 1.94 bits per heavy atom. The van der Waals surface area contributed by atoms with Crippen LogP contribution >= 0.6 is 11.6 Å². The van der Waals surface area contributed by atoms with Gasteiger partial charge < -0.3 is 4.90 Å². The van der Waals surface area contributed by atoms with E-state index in [1.807, 2.05) is 5.32 Å². The lowest BCUT2D eigenvalue weighted by molar-refractivity contribution is -0.144. The van der Waals surface area contributed by atoms with E-state index in [0.717, 1.165) is 17.0 Å². The summed E-state index contributed by atoms with van der Waals surface area (Å²) in [5.41, 5.74) is 0.605. The number of piperidine rings is 1. The number of hydrogen-bond donors (Lipinski definition) is 1. The number of halogens is 3. The summed E-state index contributed by atoms with van der Waals surface area (Å²) in [5, 5.41) is 2.07. The highest BCUT2D eigenvalue weighted by Gasteiger charge is 2.41. The van der Waals surface area contributed by atoms with Crippen molar-refractivity contribution in [3.05, 3.63) is 69.7 Å². The normalized spacial score (nSPS) is 23.8. The van der Waals surface area contributed by atoms with Crippen LogP contribution in [0.1, 0.15) is 50.4 Å². The maximum atomic E-state index is 14.5. The fourth-order valence-electron chi connectivity index (χ4n) is 3.66. The van der Waals surface area contributed by atoms with E-state index in [0.29, 0.717) is 11.1 Å². The van der Waals surface area contributed by atoms with E-state index < -0.39 is 60.2 Å². The molecule has 6 nitrogen and oxygen atoms in total. The van der Waals surface area contributed by atoms with Crippen LogP contribution in [0.2, 0.25) is 5.02 Å². The minimum Gasteiger partial charge on any atom is -0.322 e. The van der Waals surface area contributed by atoms with Gasteiger partial charge in [0.2, 0.25) is 17.6 Å². The van der Waals surface area contributed by atoms with Gasteiger partial charge in [-0.3, -0.25) is 24.5 Å². The zero-order valence-corrected chi connectivity index (χ0v) is 17.3. The van der Waals surface area contributed by atoms with Crippen LogP contribution in [0.5, 0.6) is 0 Å². The number of nitrogens with one attached hydrogen (secondary N) is 1. The summed E-state index contributed by atoms with van der Waals surface area (Å²) in [7, 11) is 0. The first kappa shape index (κ1) is 18.4. The number of benzene rings is 2. The van der Waals surface area contributed by atoms with Crippen LogP contribution in [0.25, 0.3) is 0 Å². The molecule has 2 aromatic rings. The van der Waals surface area contributed by atoms with Gasteiger partial charge in [0.25, 0.3) is 5.91 Å². The van der Waals surface area contributed by atoms with Crippen LogP contribution in [0, 0.1) is 0 Å². The highest BCUT2D eigenvalue weighted by Crippen LogP contribution is 2.32. The van der Waals surface area contributed by atoms with Crippen LogP contribution in [-0.4, -0.2) is 34.4 Å². The van der Waals surface area contributed by atoms with E-state index in [1.165, 1.54) is 30.3 Å². The van der Waals surface area contributed by atoms with Gasteiger partial charge in [0, 0.05) is 38.2 Å². The van der Waals surface area contributed by atoms with Gasteiger partial charge >= 0.3 is 5.92 Å². The van der Waals surface area contributed by atoms with Gasteiger partial charge in [0.1, 0.15) is 6.02 Å². The van der Waals surface area contributed by atoms with Gasteiger partial charge in [0.05, 0.1) is 1.37 Å². The zero-order chi connectivity index (χ0) is 25.8. The van der Waals surface area contributed by atoms with Gasteiger partial charge in [-0.25, -0.2) is 0 Å². The first-order valence-corrected chi connectivity index (χ1v) is 10.1. The zero-order valence-electron chi connectivity index (χ0n) is 19.6. The SMILES string of the molecule is [2H]C1([2H])CC([2H])(N2Cc3cc(CCC(=O)C(F)(F)c4ccc(Cl)cc4)ccc3C2=O)C(=O)NC1=O. The Balaban J connectivity index is 1.49. The molecule has 2 aromatic carbocycles. The molecule has 0 spiro atoms. The molecule has 2 aliphatic heterocycles. The molecule has 1 atom stereocenters. The van der Waals surface area contributed by atoms with Crippen molar-refractivity contribution < 1.29 is 32.1 Å². The van der Waals surface area contributed by atoms with Crippen molar-refractivity contribution in [3.8, 4) is 0 Å². The molecular formula is C23H19ClF2N2O4. The second-order valence-electron chi connectivity index (χ2n) is 7.47. The molecule has 0 saturated carbocycles. The number of amides is 3. The Labute approximate surface area is 191 Å². The minimum absolute atomic E-state index is 0.0347. The first-order chi connectivity index (χ1) is 16.3. The number of fused-ring (bicyclic) bond motifs is 1. The van der Waals surface area contributed by atoms with Crippen molar-refractivity contribution in [2.45, 2.75) is 44.1 Å². The number of aryl methyl sites for hydroxylation is 1. The number of Topliss-reactive ketones (excluding diaryl/α,β-unsaturated/α-hetero) is 1. The molecule has 9 heteroatoms. The lowest BCUT2D eigenvalue weighted by Gasteiger charge is -2.29. The number of nitrogens with zero attached hydrogens (tertiary/aromatic N) is 1. The predicted octanol–water partition coefficient (Wildman–Crippen LogP) is 3.39.